The molecule has 0 aromatic heterocycles. The average molecular weight is 169 g/mol. The van der Waals surface area contributed by atoms with Crippen molar-refractivity contribution in [2.24, 2.45) is 17.6 Å². The van der Waals surface area contributed by atoms with E-state index in [4.69, 9.17) is 5.73 Å². The van der Waals surface area contributed by atoms with Gasteiger partial charge in [-0.2, -0.15) is 0 Å². The second-order valence-electron chi connectivity index (χ2n) is 4.84. The molecule has 3 unspecified atom stereocenters. The smallest absolute Gasteiger partial charge is 0.0654 e. The molecule has 2 saturated carbocycles. The second-order valence-corrected chi connectivity index (χ2v) is 4.84. The summed E-state index contributed by atoms with van der Waals surface area (Å²) in [4.78, 5) is 0. The van der Waals surface area contributed by atoms with Crippen LogP contribution >= 0.6 is 0 Å². The summed E-state index contributed by atoms with van der Waals surface area (Å²) in [6.45, 7) is 2.17. The molecule has 0 aromatic carbocycles. The third-order valence-electron chi connectivity index (χ3n) is 3.76. The second kappa shape index (κ2) is 2.71. The van der Waals surface area contributed by atoms with E-state index in [9.17, 15) is 5.11 Å². The van der Waals surface area contributed by atoms with Crippen LogP contribution in [0.2, 0.25) is 0 Å². The SMILES string of the molecule is CC1CC2(O)CCCC(C2)[C@@H]1N. The zero-order valence-corrected chi connectivity index (χ0v) is 7.79. The van der Waals surface area contributed by atoms with Crippen LogP contribution in [0.1, 0.15) is 39.0 Å². The predicted octanol–water partition coefficient (Wildman–Crippen LogP) is 1.27. The van der Waals surface area contributed by atoms with E-state index in [2.05, 4.69) is 6.92 Å². The Kier molecular flexibility index (Phi) is 1.92. The molecule has 2 bridgehead atoms. The molecule has 0 saturated heterocycles. The lowest BCUT2D eigenvalue weighted by Gasteiger charge is -2.47. The fourth-order valence-corrected chi connectivity index (χ4v) is 3.10. The highest BCUT2D eigenvalue weighted by Gasteiger charge is 2.44. The van der Waals surface area contributed by atoms with Crippen LogP contribution in [-0.4, -0.2) is 16.7 Å². The average Bonchev–Trinajstić information content (AvgIpc) is 2.00. The maximum absolute atomic E-state index is 10.1. The van der Waals surface area contributed by atoms with Gasteiger partial charge in [-0.1, -0.05) is 13.3 Å². The molecule has 0 amide bonds. The number of hydrogen-bond acceptors (Lipinski definition) is 2. The lowest BCUT2D eigenvalue weighted by molar-refractivity contribution is -0.0719. The predicted molar refractivity (Wildman–Crippen MR) is 48.7 cm³/mol. The summed E-state index contributed by atoms with van der Waals surface area (Å²) in [5.74, 6) is 1.10. The van der Waals surface area contributed by atoms with Crippen molar-refractivity contribution in [1.29, 1.82) is 0 Å². The maximum atomic E-state index is 10.1. The molecule has 2 heteroatoms. The van der Waals surface area contributed by atoms with E-state index >= 15 is 0 Å². The lowest BCUT2D eigenvalue weighted by Crippen LogP contribution is -2.52. The highest BCUT2D eigenvalue weighted by Crippen LogP contribution is 2.44. The van der Waals surface area contributed by atoms with Crippen molar-refractivity contribution >= 4 is 0 Å². The maximum Gasteiger partial charge on any atom is 0.0654 e. The molecule has 2 fully saturated rings. The van der Waals surface area contributed by atoms with Crippen molar-refractivity contribution in [1.82, 2.24) is 0 Å². The van der Waals surface area contributed by atoms with Crippen LogP contribution in [0.5, 0.6) is 0 Å². The van der Waals surface area contributed by atoms with Gasteiger partial charge in [0, 0.05) is 6.04 Å². The van der Waals surface area contributed by atoms with Gasteiger partial charge in [-0.15, -0.1) is 0 Å². The van der Waals surface area contributed by atoms with Crippen LogP contribution in [0.3, 0.4) is 0 Å². The number of rotatable bonds is 0. The summed E-state index contributed by atoms with van der Waals surface area (Å²) in [6, 6.07) is 0.338. The molecule has 2 rings (SSSR count). The van der Waals surface area contributed by atoms with Crippen molar-refractivity contribution in [3.8, 4) is 0 Å². The van der Waals surface area contributed by atoms with Gasteiger partial charge in [0.25, 0.3) is 0 Å². The van der Waals surface area contributed by atoms with Crippen molar-refractivity contribution in [2.75, 3.05) is 0 Å². The summed E-state index contributed by atoms with van der Waals surface area (Å²) in [7, 11) is 0. The molecule has 0 radical (unpaired) electrons. The summed E-state index contributed by atoms with van der Waals surface area (Å²) in [5, 5.41) is 10.1. The highest BCUT2D eigenvalue weighted by molar-refractivity contribution is 4.98. The van der Waals surface area contributed by atoms with Gasteiger partial charge in [0.05, 0.1) is 5.60 Å². The molecule has 0 spiro atoms. The number of nitrogens with two attached hydrogens (primary N) is 1. The van der Waals surface area contributed by atoms with Crippen molar-refractivity contribution < 1.29 is 5.11 Å². The first-order valence-electron chi connectivity index (χ1n) is 5.09. The molecule has 0 aliphatic heterocycles. The van der Waals surface area contributed by atoms with Crippen LogP contribution in [0.25, 0.3) is 0 Å². The topological polar surface area (TPSA) is 46.2 Å². The Bertz CT molecular complexity index is 179. The zero-order valence-electron chi connectivity index (χ0n) is 7.79. The Morgan fingerprint density at radius 1 is 1.42 bits per heavy atom. The quantitative estimate of drug-likeness (QED) is 0.573. The minimum atomic E-state index is -0.349. The first-order valence-corrected chi connectivity index (χ1v) is 5.09. The van der Waals surface area contributed by atoms with Gasteiger partial charge in [0.15, 0.2) is 0 Å². The van der Waals surface area contributed by atoms with E-state index in [1.165, 1.54) is 12.8 Å². The molecule has 12 heavy (non-hydrogen) atoms. The normalized spacial score (nSPS) is 53.8. The highest BCUT2D eigenvalue weighted by atomic mass is 16.3. The lowest BCUT2D eigenvalue weighted by atomic mass is 9.63. The molecule has 2 aliphatic carbocycles. The molecule has 0 aromatic rings. The van der Waals surface area contributed by atoms with E-state index < -0.39 is 0 Å². The minimum absolute atomic E-state index is 0.338. The zero-order chi connectivity index (χ0) is 8.77. The van der Waals surface area contributed by atoms with Crippen LogP contribution in [0.15, 0.2) is 0 Å². The Hall–Kier alpha value is -0.0800. The van der Waals surface area contributed by atoms with Gasteiger partial charge in [-0.3, -0.25) is 0 Å². The summed E-state index contributed by atoms with van der Waals surface area (Å²) in [6.07, 6.45) is 5.28. The monoisotopic (exact) mass is 169 g/mol. The minimum Gasteiger partial charge on any atom is -0.390 e. The molecule has 4 atom stereocenters. The van der Waals surface area contributed by atoms with Crippen LogP contribution in [-0.2, 0) is 0 Å². The van der Waals surface area contributed by atoms with Crippen molar-refractivity contribution in [3.63, 3.8) is 0 Å². The van der Waals surface area contributed by atoms with E-state index in [0.717, 1.165) is 19.3 Å². The first-order chi connectivity index (χ1) is 5.61. The van der Waals surface area contributed by atoms with E-state index in [-0.39, 0.29) is 5.60 Å². The number of hydrogen-bond donors (Lipinski definition) is 2. The Morgan fingerprint density at radius 2 is 2.17 bits per heavy atom. The van der Waals surface area contributed by atoms with Gasteiger partial charge in [-0.25, -0.2) is 0 Å². The summed E-state index contributed by atoms with van der Waals surface area (Å²) >= 11 is 0. The fourth-order valence-electron chi connectivity index (χ4n) is 3.10. The molecular weight excluding hydrogens is 150 g/mol. The third-order valence-corrected chi connectivity index (χ3v) is 3.76. The largest absolute Gasteiger partial charge is 0.390 e. The van der Waals surface area contributed by atoms with Gasteiger partial charge >= 0.3 is 0 Å². The first kappa shape index (κ1) is 8.52. The van der Waals surface area contributed by atoms with Gasteiger partial charge in [0.2, 0.25) is 0 Å². The Balaban J connectivity index is 2.14. The third kappa shape index (κ3) is 1.27. The molecule has 70 valence electrons. The van der Waals surface area contributed by atoms with Gasteiger partial charge < -0.3 is 10.8 Å². The molecule has 2 nitrogen and oxygen atoms in total. The Labute approximate surface area is 74.1 Å². The van der Waals surface area contributed by atoms with Crippen molar-refractivity contribution in [3.05, 3.63) is 0 Å². The van der Waals surface area contributed by atoms with E-state index in [0.29, 0.717) is 17.9 Å². The van der Waals surface area contributed by atoms with E-state index in [1.807, 2.05) is 0 Å². The summed E-state index contributed by atoms with van der Waals surface area (Å²) in [5.41, 5.74) is 5.73. The molecule has 0 heterocycles. The van der Waals surface area contributed by atoms with Crippen LogP contribution in [0.4, 0.5) is 0 Å². The molecule has 3 N–H and O–H groups in total. The van der Waals surface area contributed by atoms with Crippen molar-refractivity contribution in [2.45, 2.75) is 50.7 Å². The standard InChI is InChI=1S/C10H19NO/c1-7-5-10(12)4-2-3-8(6-10)9(7)11/h7-9,12H,2-6,11H2,1H3/t7?,8?,9-,10?/m1/s1. The number of fused-ring (bicyclic) bond motifs is 2. The molecular formula is C10H19NO. The van der Waals surface area contributed by atoms with E-state index in [1.54, 1.807) is 0 Å². The van der Waals surface area contributed by atoms with Gasteiger partial charge in [0.1, 0.15) is 0 Å². The fraction of sp³-hybridized carbons (Fsp3) is 1.00. The molecule has 2 aliphatic rings. The summed E-state index contributed by atoms with van der Waals surface area (Å²) < 4.78 is 0. The number of aliphatic hydroxyl groups is 1. The Morgan fingerprint density at radius 3 is 2.92 bits per heavy atom. The van der Waals surface area contributed by atoms with Gasteiger partial charge in [-0.05, 0) is 37.5 Å². The van der Waals surface area contributed by atoms with Crippen LogP contribution < -0.4 is 5.73 Å². The van der Waals surface area contributed by atoms with Crippen LogP contribution in [0, 0.1) is 11.8 Å².